The van der Waals surface area contributed by atoms with Crippen molar-refractivity contribution in [3.8, 4) is 23.0 Å². The van der Waals surface area contributed by atoms with Crippen molar-refractivity contribution in [2.45, 2.75) is 13.8 Å². The Morgan fingerprint density at radius 3 is 2.04 bits per heavy atom. The van der Waals surface area contributed by atoms with Crippen molar-refractivity contribution in [2.75, 3.05) is 0 Å². The van der Waals surface area contributed by atoms with Crippen LogP contribution >= 0.6 is 0 Å². The summed E-state index contributed by atoms with van der Waals surface area (Å²) in [4.78, 5) is 0. The van der Waals surface area contributed by atoms with Gasteiger partial charge in [-0.2, -0.15) is 0 Å². The zero-order valence-electron chi connectivity index (χ0n) is 15.1. The highest BCUT2D eigenvalue weighted by Crippen LogP contribution is 2.29. The summed E-state index contributed by atoms with van der Waals surface area (Å²) in [5, 5.41) is 2.42. The Kier molecular flexibility index (Phi) is 4.30. The van der Waals surface area contributed by atoms with Gasteiger partial charge in [-0.05, 0) is 65.1 Å². The van der Waals surface area contributed by atoms with Crippen molar-refractivity contribution < 1.29 is 0 Å². The summed E-state index contributed by atoms with van der Waals surface area (Å²) >= 11 is 0. The zero-order valence-corrected chi connectivity index (χ0v) is 15.1. The van der Waals surface area contributed by atoms with E-state index >= 15 is 0 Å². The molecule has 4 aromatic carbocycles. The van der Waals surface area contributed by atoms with Gasteiger partial charge in [0.1, 0.15) is 0 Å². The molecule has 0 aromatic heterocycles. The number of benzene rings is 4. The average molecular weight is 332 g/mol. The predicted octanol–water partition coefficient (Wildman–Crippen LogP) is 6.52. The topological polar surface area (TPSA) is 0 Å². The van der Waals surface area contributed by atoms with E-state index in [-0.39, 0.29) is 0 Å². The molecule has 0 unspecified atom stereocenters. The maximum absolute atomic E-state index is 3.42. The summed E-state index contributed by atoms with van der Waals surface area (Å²) in [5.41, 5.74) is 7.12. The highest BCUT2D eigenvalue weighted by atomic mass is 14.1. The fraction of sp³-hybridized carbons (Fsp3) is 0.0769. The van der Waals surface area contributed by atoms with E-state index in [1.165, 1.54) is 33.0 Å². The van der Waals surface area contributed by atoms with Gasteiger partial charge in [-0.3, -0.25) is 0 Å². The van der Waals surface area contributed by atoms with Crippen molar-refractivity contribution in [1.82, 2.24) is 0 Å². The molecule has 4 rings (SSSR count). The van der Waals surface area contributed by atoms with E-state index < -0.39 is 0 Å². The third-order valence-corrected chi connectivity index (χ3v) is 4.79. The van der Waals surface area contributed by atoms with Gasteiger partial charge in [0.15, 0.2) is 0 Å². The molecule has 0 atom stereocenters. The minimum Gasteiger partial charge on any atom is -0.0620 e. The highest BCUT2D eigenvalue weighted by Gasteiger charge is 2.06. The van der Waals surface area contributed by atoms with Gasteiger partial charge in [-0.15, -0.1) is 0 Å². The first-order valence-corrected chi connectivity index (χ1v) is 8.89. The Balaban J connectivity index is 1.92. The van der Waals surface area contributed by atoms with Crippen molar-refractivity contribution in [2.24, 2.45) is 0 Å². The predicted molar refractivity (Wildman–Crippen MR) is 111 cm³/mol. The van der Waals surface area contributed by atoms with E-state index in [1.54, 1.807) is 0 Å². The fourth-order valence-electron chi connectivity index (χ4n) is 3.31. The van der Waals surface area contributed by atoms with E-state index in [2.05, 4.69) is 105 Å². The quantitative estimate of drug-likeness (QED) is 0.348. The minimum absolute atomic E-state index is 1.07. The SMILES string of the molecule is Cc1ccccc1C#Cc1cc(-c2ccccc2C)cc2ccccc12. The molecule has 124 valence electrons. The monoisotopic (exact) mass is 332 g/mol. The van der Waals surface area contributed by atoms with Gasteiger partial charge in [0.05, 0.1) is 0 Å². The Bertz CT molecular complexity index is 1150. The van der Waals surface area contributed by atoms with Crippen LogP contribution in [0.25, 0.3) is 21.9 Å². The molecule has 0 heterocycles. The summed E-state index contributed by atoms with van der Waals surface area (Å²) in [5.74, 6) is 6.79. The van der Waals surface area contributed by atoms with Crippen molar-refractivity contribution in [3.63, 3.8) is 0 Å². The molecule has 0 aliphatic rings. The van der Waals surface area contributed by atoms with Crippen LogP contribution in [-0.2, 0) is 0 Å². The molecular formula is C26H20. The van der Waals surface area contributed by atoms with Crippen LogP contribution in [-0.4, -0.2) is 0 Å². The molecule has 0 amide bonds. The van der Waals surface area contributed by atoms with E-state index in [0.717, 1.165) is 11.1 Å². The summed E-state index contributed by atoms with van der Waals surface area (Å²) < 4.78 is 0. The largest absolute Gasteiger partial charge is 0.0620 e. The molecule has 0 N–H and O–H groups in total. The van der Waals surface area contributed by atoms with Crippen molar-refractivity contribution in [1.29, 1.82) is 0 Å². The Labute approximate surface area is 155 Å². The Hall–Kier alpha value is -3.30. The van der Waals surface area contributed by atoms with E-state index in [0.29, 0.717) is 0 Å². The van der Waals surface area contributed by atoms with Gasteiger partial charge in [-0.1, -0.05) is 78.6 Å². The number of rotatable bonds is 1. The van der Waals surface area contributed by atoms with Crippen LogP contribution in [0.3, 0.4) is 0 Å². The summed E-state index contributed by atoms with van der Waals surface area (Å²) in [7, 11) is 0. The lowest BCUT2D eigenvalue weighted by Crippen LogP contribution is -1.87. The first-order valence-electron chi connectivity index (χ1n) is 8.89. The zero-order chi connectivity index (χ0) is 17.9. The van der Waals surface area contributed by atoms with E-state index in [9.17, 15) is 0 Å². The van der Waals surface area contributed by atoms with E-state index in [4.69, 9.17) is 0 Å². The van der Waals surface area contributed by atoms with Crippen molar-refractivity contribution in [3.05, 3.63) is 107 Å². The fourth-order valence-corrected chi connectivity index (χ4v) is 3.31. The molecule has 26 heavy (non-hydrogen) atoms. The van der Waals surface area contributed by atoms with Gasteiger partial charge < -0.3 is 0 Å². The summed E-state index contributed by atoms with van der Waals surface area (Å²) in [6, 6.07) is 29.7. The Morgan fingerprint density at radius 2 is 1.23 bits per heavy atom. The smallest absolute Gasteiger partial charge is 0.0333 e. The Morgan fingerprint density at radius 1 is 0.577 bits per heavy atom. The maximum Gasteiger partial charge on any atom is 0.0333 e. The third kappa shape index (κ3) is 3.13. The van der Waals surface area contributed by atoms with E-state index in [1.807, 2.05) is 6.07 Å². The third-order valence-electron chi connectivity index (χ3n) is 4.79. The normalized spacial score (nSPS) is 10.4. The molecule has 0 aliphatic carbocycles. The van der Waals surface area contributed by atoms with Crippen LogP contribution < -0.4 is 0 Å². The second kappa shape index (κ2) is 6.90. The second-order valence-electron chi connectivity index (χ2n) is 6.62. The molecule has 0 spiro atoms. The van der Waals surface area contributed by atoms with Crippen LogP contribution in [0, 0.1) is 25.7 Å². The number of hydrogen-bond acceptors (Lipinski definition) is 0. The van der Waals surface area contributed by atoms with Crippen LogP contribution in [0.1, 0.15) is 22.3 Å². The number of hydrogen-bond donors (Lipinski definition) is 0. The molecule has 0 heteroatoms. The lowest BCUT2D eigenvalue weighted by molar-refractivity contribution is 1.44. The first-order chi connectivity index (χ1) is 12.7. The average Bonchev–Trinajstić information content (AvgIpc) is 2.67. The summed E-state index contributed by atoms with van der Waals surface area (Å²) in [6.45, 7) is 4.26. The molecule has 0 radical (unpaired) electrons. The van der Waals surface area contributed by atoms with Crippen LogP contribution in [0.4, 0.5) is 0 Å². The molecule has 0 saturated carbocycles. The lowest BCUT2D eigenvalue weighted by atomic mass is 9.94. The lowest BCUT2D eigenvalue weighted by Gasteiger charge is -2.09. The molecule has 0 bridgehead atoms. The van der Waals surface area contributed by atoms with Gasteiger partial charge in [0.2, 0.25) is 0 Å². The standard InChI is InChI=1S/C26H20/c1-19-9-3-5-11-21(19)15-16-23-18-24(25-13-7-4-10-20(25)2)17-22-12-6-8-14-26(22)23/h3-14,17-18H,1-2H3. The first kappa shape index (κ1) is 16.2. The van der Waals surface area contributed by atoms with Crippen LogP contribution in [0.15, 0.2) is 84.9 Å². The minimum atomic E-state index is 1.07. The number of aryl methyl sites for hydroxylation is 2. The molecule has 0 aliphatic heterocycles. The number of fused-ring (bicyclic) bond motifs is 1. The molecular weight excluding hydrogens is 312 g/mol. The molecule has 0 nitrogen and oxygen atoms in total. The second-order valence-corrected chi connectivity index (χ2v) is 6.62. The van der Waals surface area contributed by atoms with Gasteiger partial charge >= 0.3 is 0 Å². The van der Waals surface area contributed by atoms with Gasteiger partial charge in [-0.25, -0.2) is 0 Å². The van der Waals surface area contributed by atoms with Gasteiger partial charge in [0, 0.05) is 11.1 Å². The summed E-state index contributed by atoms with van der Waals surface area (Å²) in [6.07, 6.45) is 0. The highest BCUT2D eigenvalue weighted by molar-refractivity contribution is 5.93. The van der Waals surface area contributed by atoms with Crippen molar-refractivity contribution >= 4 is 10.8 Å². The van der Waals surface area contributed by atoms with Crippen LogP contribution in [0.2, 0.25) is 0 Å². The van der Waals surface area contributed by atoms with Gasteiger partial charge in [0.25, 0.3) is 0 Å². The molecule has 0 fully saturated rings. The van der Waals surface area contributed by atoms with Crippen LogP contribution in [0.5, 0.6) is 0 Å². The molecule has 0 saturated heterocycles. The maximum atomic E-state index is 3.42. The molecule has 4 aromatic rings.